The van der Waals surface area contributed by atoms with Crippen LogP contribution in [-0.4, -0.2) is 57.7 Å². The van der Waals surface area contributed by atoms with Crippen molar-refractivity contribution in [2.24, 2.45) is 16.9 Å². The number of ether oxygens (including phenoxy) is 2. The first kappa shape index (κ1) is 26.6. The van der Waals surface area contributed by atoms with Crippen molar-refractivity contribution in [2.75, 3.05) is 32.9 Å². The van der Waals surface area contributed by atoms with Crippen LogP contribution >= 0.6 is 12.4 Å². The van der Waals surface area contributed by atoms with Gasteiger partial charge in [0, 0.05) is 25.2 Å². The lowest BCUT2D eigenvalue weighted by Crippen LogP contribution is -2.34. The second-order valence-electron chi connectivity index (χ2n) is 7.62. The minimum atomic E-state index is -4.07. The quantitative estimate of drug-likeness (QED) is 0.168. The molecule has 0 spiro atoms. The Kier molecular flexibility index (Phi) is 10.1. The van der Waals surface area contributed by atoms with Crippen LogP contribution in [-0.2, 0) is 10.1 Å². The number of piperidine rings is 1. The first-order valence-electron chi connectivity index (χ1n) is 10.4. The maximum atomic E-state index is 12.7. The lowest BCUT2D eigenvalue weighted by Gasteiger charge is -2.30. The number of aliphatic hydroxyl groups is 1. The summed E-state index contributed by atoms with van der Waals surface area (Å²) in [7, 11) is -4.07. The number of benzene rings is 2. The molecule has 0 aromatic heterocycles. The monoisotopic (exact) mass is 499 g/mol. The molecule has 2 aromatic carbocycles. The van der Waals surface area contributed by atoms with E-state index in [0.29, 0.717) is 24.0 Å². The van der Waals surface area contributed by atoms with Gasteiger partial charge in [0.1, 0.15) is 35.1 Å². The van der Waals surface area contributed by atoms with E-state index in [4.69, 9.17) is 24.6 Å². The van der Waals surface area contributed by atoms with E-state index in [-0.39, 0.29) is 36.3 Å². The number of hydrogen-bond donors (Lipinski definition) is 2. The fraction of sp³-hybridized carbons (Fsp3) is 0.409. The molecule has 11 heteroatoms. The third kappa shape index (κ3) is 7.99. The summed E-state index contributed by atoms with van der Waals surface area (Å²) in [6.07, 6.45) is 3.57. The molecule has 9 nitrogen and oxygen atoms in total. The highest BCUT2D eigenvalue weighted by molar-refractivity contribution is 7.87. The van der Waals surface area contributed by atoms with Crippen molar-refractivity contribution < 1.29 is 27.2 Å². The number of hydrogen-bond acceptors (Lipinski definition) is 8. The molecule has 182 valence electrons. The van der Waals surface area contributed by atoms with Crippen LogP contribution in [0.2, 0.25) is 0 Å². The van der Waals surface area contributed by atoms with Gasteiger partial charge in [-0.25, -0.2) is 0 Å². The van der Waals surface area contributed by atoms with Gasteiger partial charge in [-0.3, -0.25) is 0 Å². The Morgan fingerprint density at radius 1 is 1.12 bits per heavy atom. The zero-order valence-corrected chi connectivity index (χ0v) is 20.1. The number of aliphatic hydroxyl groups excluding tert-OH is 1. The molecule has 2 aromatic rings. The van der Waals surface area contributed by atoms with Crippen LogP contribution in [0.25, 0.3) is 0 Å². The van der Waals surface area contributed by atoms with Crippen LogP contribution in [0, 0.1) is 12.8 Å². The summed E-state index contributed by atoms with van der Waals surface area (Å²) < 4.78 is 42.1. The Bertz CT molecular complexity index is 1030. The van der Waals surface area contributed by atoms with Gasteiger partial charge < -0.3 is 29.5 Å². The summed E-state index contributed by atoms with van der Waals surface area (Å²) in [5, 5.41) is 12.4. The van der Waals surface area contributed by atoms with Crippen LogP contribution < -0.4 is 19.5 Å². The third-order valence-corrected chi connectivity index (χ3v) is 6.29. The van der Waals surface area contributed by atoms with Crippen molar-refractivity contribution in [1.82, 2.24) is 4.90 Å². The molecule has 0 saturated carbocycles. The fourth-order valence-corrected chi connectivity index (χ4v) is 4.40. The molecule has 1 aliphatic heterocycles. The van der Waals surface area contributed by atoms with Crippen LogP contribution in [0.5, 0.6) is 17.2 Å². The van der Waals surface area contributed by atoms with Crippen LogP contribution in [0.3, 0.4) is 0 Å². The normalized spacial score (nSPS) is 14.7. The van der Waals surface area contributed by atoms with E-state index >= 15 is 0 Å². The van der Waals surface area contributed by atoms with Gasteiger partial charge in [-0.15, -0.1) is 12.4 Å². The molecule has 3 N–H and O–H groups in total. The topological polar surface area (TPSA) is 124 Å². The van der Waals surface area contributed by atoms with Gasteiger partial charge in [-0.05, 0) is 55.5 Å². The largest absolute Gasteiger partial charge is 0.493 e. The lowest BCUT2D eigenvalue weighted by atomic mass is 9.98. The molecule has 0 bridgehead atoms. The molecule has 1 heterocycles. The van der Waals surface area contributed by atoms with E-state index in [9.17, 15) is 8.42 Å². The highest BCUT2D eigenvalue weighted by Crippen LogP contribution is 2.28. The van der Waals surface area contributed by atoms with Crippen LogP contribution in [0.4, 0.5) is 0 Å². The van der Waals surface area contributed by atoms with Gasteiger partial charge in [-0.1, -0.05) is 6.07 Å². The van der Waals surface area contributed by atoms with E-state index in [0.717, 1.165) is 31.5 Å². The van der Waals surface area contributed by atoms with Crippen molar-refractivity contribution in [3.8, 4) is 17.2 Å². The zero-order chi connectivity index (χ0) is 23.0. The minimum Gasteiger partial charge on any atom is -0.493 e. The summed E-state index contributed by atoms with van der Waals surface area (Å²) in [6, 6.07) is 11.0. The van der Waals surface area contributed by atoms with E-state index < -0.39 is 10.1 Å². The minimum absolute atomic E-state index is 0. The smallest absolute Gasteiger partial charge is 0.339 e. The number of likely N-dealkylation sites (tertiary alicyclic amines) is 1. The summed E-state index contributed by atoms with van der Waals surface area (Å²) in [4.78, 5) is 2.04. The first-order chi connectivity index (χ1) is 15.4. The fourth-order valence-electron chi connectivity index (χ4n) is 3.45. The van der Waals surface area contributed by atoms with Crippen molar-refractivity contribution in [2.45, 2.75) is 24.7 Å². The molecular formula is C22H30ClN3O6S. The van der Waals surface area contributed by atoms with E-state index in [1.165, 1.54) is 12.1 Å². The highest BCUT2D eigenvalue weighted by Gasteiger charge is 2.20. The maximum Gasteiger partial charge on any atom is 0.339 e. The average molecular weight is 500 g/mol. The molecule has 0 unspecified atom stereocenters. The zero-order valence-electron chi connectivity index (χ0n) is 18.4. The number of nitrogens with zero attached hydrogens (tertiary/aromatic N) is 2. The van der Waals surface area contributed by atoms with Crippen LogP contribution in [0.15, 0.2) is 52.5 Å². The first-order valence-corrected chi connectivity index (χ1v) is 11.8. The summed E-state index contributed by atoms with van der Waals surface area (Å²) >= 11 is 0. The average Bonchev–Trinajstić information content (AvgIpc) is 2.77. The molecule has 3 rings (SSSR count). The molecule has 33 heavy (non-hydrogen) atoms. The Morgan fingerprint density at radius 2 is 1.85 bits per heavy atom. The number of rotatable bonds is 10. The van der Waals surface area contributed by atoms with Crippen molar-refractivity contribution in [1.29, 1.82) is 0 Å². The Labute approximate surface area is 200 Å². The predicted octanol–water partition coefficient (Wildman–Crippen LogP) is 2.55. The van der Waals surface area contributed by atoms with Crippen molar-refractivity contribution in [3.63, 3.8) is 0 Å². The molecule has 1 aliphatic rings. The van der Waals surface area contributed by atoms with Gasteiger partial charge in [0.15, 0.2) is 0 Å². The Balaban J connectivity index is 0.00000385. The standard InChI is InChI=1S/C22H29N3O6S.ClH/c1-17-11-20(30-15-18-5-7-25(8-6-18)16-24-23)13-21(12-17)31-32(27,28)22-4-2-3-19(14-22)29-10-9-26;/h2-4,11-14,16,18,26H,5-10,15,23H2,1H3;1H. The number of halogens is 1. The van der Waals surface area contributed by atoms with Gasteiger partial charge >= 0.3 is 10.1 Å². The van der Waals surface area contributed by atoms with E-state index in [2.05, 4.69) is 10.0 Å². The second-order valence-corrected chi connectivity index (χ2v) is 9.17. The predicted molar refractivity (Wildman–Crippen MR) is 128 cm³/mol. The molecular weight excluding hydrogens is 470 g/mol. The lowest BCUT2D eigenvalue weighted by molar-refractivity contribution is 0.183. The Morgan fingerprint density at radius 3 is 2.55 bits per heavy atom. The van der Waals surface area contributed by atoms with Crippen molar-refractivity contribution in [3.05, 3.63) is 48.0 Å². The molecule has 0 radical (unpaired) electrons. The summed E-state index contributed by atoms with van der Waals surface area (Å²) in [6.45, 7) is 4.03. The van der Waals surface area contributed by atoms with E-state index in [1.54, 1.807) is 30.6 Å². The number of aryl methyl sites for hydroxylation is 1. The van der Waals surface area contributed by atoms with Gasteiger partial charge in [0.2, 0.25) is 0 Å². The molecule has 1 saturated heterocycles. The van der Waals surface area contributed by atoms with Gasteiger partial charge in [0.25, 0.3) is 0 Å². The van der Waals surface area contributed by atoms with Crippen LogP contribution in [0.1, 0.15) is 18.4 Å². The van der Waals surface area contributed by atoms with Gasteiger partial charge in [-0.2, -0.15) is 13.5 Å². The summed E-state index contributed by atoms with van der Waals surface area (Å²) in [5.41, 5.74) is 0.821. The third-order valence-electron chi connectivity index (χ3n) is 5.05. The SMILES string of the molecule is Cc1cc(OCC2CCN(C=NN)CC2)cc(OS(=O)(=O)c2cccc(OCCO)c2)c1.Cl. The van der Waals surface area contributed by atoms with Gasteiger partial charge in [0.05, 0.1) is 13.2 Å². The number of nitrogens with two attached hydrogens (primary N) is 1. The highest BCUT2D eigenvalue weighted by atomic mass is 35.5. The molecule has 0 aliphatic carbocycles. The summed E-state index contributed by atoms with van der Waals surface area (Å²) in [5.74, 6) is 6.66. The molecule has 0 amide bonds. The number of hydrazone groups is 1. The van der Waals surface area contributed by atoms with E-state index in [1.807, 2.05) is 13.0 Å². The molecule has 0 atom stereocenters. The van der Waals surface area contributed by atoms with Crippen molar-refractivity contribution >= 4 is 28.9 Å². The maximum absolute atomic E-state index is 12.7. The molecule has 1 fully saturated rings. The second kappa shape index (κ2) is 12.5. The Hall–Kier alpha value is -2.69.